The molecule has 3 aromatic rings. The summed E-state index contributed by atoms with van der Waals surface area (Å²) in [6.07, 6.45) is 18.8. The number of unbranched alkanes of at least 4 members (excludes halogenated alkanes) is 11. The van der Waals surface area contributed by atoms with E-state index in [0.29, 0.717) is 29.2 Å². The largest absolute Gasteiger partial charge is 0.494 e. The molecule has 6 heteroatoms. The molecule has 0 amide bonds. The monoisotopic (exact) mass is 531 g/mol. The van der Waals surface area contributed by atoms with Crippen LogP contribution in [0, 0.1) is 0 Å². The van der Waals surface area contributed by atoms with E-state index in [-0.39, 0.29) is 0 Å². The van der Waals surface area contributed by atoms with Crippen LogP contribution in [0.5, 0.6) is 17.2 Å². The Morgan fingerprint density at radius 3 is 1.59 bits per heavy atom. The summed E-state index contributed by atoms with van der Waals surface area (Å²) in [6, 6.07) is 16.5. The van der Waals surface area contributed by atoms with E-state index in [4.69, 9.17) is 14.2 Å². The highest BCUT2D eigenvalue weighted by molar-refractivity contribution is 5.92. The molecule has 3 rings (SSSR count). The third kappa shape index (κ3) is 11.7. The van der Waals surface area contributed by atoms with Gasteiger partial charge >= 0.3 is 11.9 Å². The zero-order valence-electron chi connectivity index (χ0n) is 23.1. The normalized spacial score (nSPS) is 10.7. The fraction of sp³-hybridized carbons (Fsp3) is 0.424. The molecule has 0 aliphatic rings. The molecule has 0 bridgehead atoms. The number of benzene rings is 2. The first-order valence-corrected chi connectivity index (χ1v) is 14.3. The van der Waals surface area contributed by atoms with E-state index in [2.05, 4.69) is 11.9 Å². The summed E-state index contributed by atoms with van der Waals surface area (Å²) in [5.41, 5.74) is 0.765. The van der Waals surface area contributed by atoms with E-state index in [0.717, 1.165) is 12.2 Å². The average molecular weight is 532 g/mol. The summed E-state index contributed by atoms with van der Waals surface area (Å²) in [7, 11) is 0. The molecule has 0 aliphatic heterocycles. The van der Waals surface area contributed by atoms with E-state index in [9.17, 15) is 9.59 Å². The van der Waals surface area contributed by atoms with Crippen LogP contribution in [-0.2, 0) is 0 Å². The number of esters is 2. The minimum absolute atomic E-state index is 0.338. The van der Waals surface area contributed by atoms with Crippen LogP contribution in [0.4, 0.5) is 0 Å². The maximum atomic E-state index is 12.5. The van der Waals surface area contributed by atoms with E-state index < -0.39 is 11.9 Å². The van der Waals surface area contributed by atoms with Crippen LogP contribution in [0.15, 0.2) is 73.1 Å². The number of hydrogen-bond donors (Lipinski definition) is 0. The maximum Gasteiger partial charge on any atom is 0.343 e. The third-order valence-corrected chi connectivity index (χ3v) is 6.50. The molecule has 2 aromatic carbocycles. The summed E-state index contributed by atoms with van der Waals surface area (Å²) >= 11 is 0. The molecular weight excluding hydrogens is 490 g/mol. The van der Waals surface area contributed by atoms with E-state index in [1.165, 1.54) is 76.8 Å². The van der Waals surface area contributed by atoms with E-state index >= 15 is 0 Å². The molecule has 0 saturated heterocycles. The van der Waals surface area contributed by atoms with Gasteiger partial charge in [0.15, 0.2) is 0 Å². The lowest BCUT2D eigenvalue weighted by atomic mass is 10.1. The predicted molar refractivity (Wildman–Crippen MR) is 154 cm³/mol. The molecule has 0 saturated carbocycles. The molecule has 0 aliphatic carbocycles. The van der Waals surface area contributed by atoms with Gasteiger partial charge in [-0.05, 0) is 67.1 Å². The number of carbonyl (C=O) groups excluding carboxylic acids is 2. The molecule has 1 aromatic heterocycles. The van der Waals surface area contributed by atoms with Gasteiger partial charge in [-0.3, -0.25) is 4.98 Å². The minimum atomic E-state index is -0.514. The van der Waals surface area contributed by atoms with Crippen LogP contribution >= 0.6 is 0 Å². The molecule has 0 fully saturated rings. The second kappa shape index (κ2) is 17.8. The van der Waals surface area contributed by atoms with Crippen molar-refractivity contribution < 1.29 is 23.8 Å². The zero-order chi connectivity index (χ0) is 27.5. The highest BCUT2D eigenvalue weighted by Crippen LogP contribution is 2.19. The number of rotatable bonds is 18. The fourth-order valence-corrected chi connectivity index (χ4v) is 4.22. The first-order valence-electron chi connectivity index (χ1n) is 14.3. The van der Waals surface area contributed by atoms with Crippen molar-refractivity contribution in [1.29, 1.82) is 0 Å². The molecule has 39 heavy (non-hydrogen) atoms. The van der Waals surface area contributed by atoms with Gasteiger partial charge in [-0.1, -0.05) is 77.6 Å². The lowest BCUT2D eigenvalue weighted by Crippen LogP contribution is -2.10. The molecule has 0 spiro atoms. The van der Waals surface area contributed by atoms with Crippen molar-refractivity contribution in [3.8, 4) is 17.2 Å². The zero-order valence-corrected chi connectivity index (χ0v) is 23.1. The van der Waals surface area contributed by atoms with Gasteiger partial charge in [-0.2, -0.15) is 0 Å². The van der Waals surface area contributed by atoms with Gasteiger partial charge in [0.25, 0.3) is 0 Å². The number of carbonyl (C=O) groups is 2. The van der Waals surface area contributed by atoms with E-state index in [1.54, 1.807) is 66.9 Å². The average Bonchev–Trinajstić information content (AvgIpc) is 2.96. The second-order valence-corrected chi connectivity index (χ2v) is 9.75. The molecule has 0 unspecified atom stereocenters. The lowest BCUT2D eigenvalue weighted by Gasteiger charge is -2.08. The molecule has 0 N–H and O–H groups in total. The first kappa shape index (κ1) is 29.9. The van der Waals surface area contributed by atoms with Crippen molar-refractivity contribution in [3.05, 3.63) is 84.2 Å². The van der Waals surface area contributed by atoms with Gasteiger partial charge < -0.3 is 14.2 Å². The number of aromatic nitrogens is 1. The van der Waals surface area contributed by atoms with Gasteiger partial charge in [0.1, 0.15) is 17.2 Å². The van der Waals surface area contributed by atoms with Gasteiger partial charge in [0.2, 0.25) is 0 Å². The van der Waals surface area contributed by atoms with Crippen LogP contribution in [0.1, 0.15) is 105 Å². The number of pyridine rings is 1. The van der Waals surface area contributed by atoms with E-state index in [1.807, 2.05) is 0 Å². The second-order valence-electron chi connectivity index (χ2n) is 9.75. The SMILES string of the molecule is CCCCCCCCCCCCCCOc1ccc(C(=O)Oc2ccc(C(=O)Oc3cccnc3)cc2)cc1. The van der Waals surface area contributed by atoms with Crippen molar-refractivity contribution in [3.63, 3.8) is 0 Å². The summed E-state index contributed by atoms with van der Waals surface area (Å²) in [5.74, 6) is 0.448. The Kier molecular flexibility index (Phi) is 13.6. The van der Waals surface area contributed by atoms with Crippen molar-refractivity contribution in [2.75, 3.05) is 6.61 Å². The smallest absolute Gasteiger partial charge is 0.343 e. The standard InChI is InChI=1S/C33H41NO5/c1-2-3-4-5-6-7-8-9-10-11-12-13-25-37-29-20-16-27(17-21-29)32(35)38-30-22-18-28(19-23-30)33(36)39-31-15-14-24-34-26-31/h14-24,26H,2-13,25H2,1H3. The Bertz CT molecular complexity index is 1100. The van der Waals surface area contributed by atoms with Crippen LogP contribution in [0.3, 0.4) is 0 Å². The quantitative estimate of drug-likeness (QED) is 0.0929. The maximum absolute atomic E-state index is 12.5. The fourth-order valence-electron chi connectivity index (χ4n) is 4.22. The molecule has 0 radical (unpaired) electrons. The highest BCUT2D eigenvalue weighted by atomic mass is 16.5. The number of hydrogen-bond acceptors (Lipinski definition) is 6. The van der Waals surface area contributed by atoms with Gasteiger partial charge in [-0.25, -0.2) is 9.59 Å². The van der Waals surface area contributed by atoms with Crippen LogP contribution in [-0.4, -0.2) is 23.5 Å². The van der Waals surface area contributed by atoms with Crippen molar-refractivity contribution in [2.45, 2.75) is 84.0 Å². The minimum Gasteiger partial charge on any atom is -0.494 e. The number of nitrogens with zero attached hydrogens (tertiary/aromatic N) is 1. The van der Waals surface area contributed by atoms with Gasteiger partial charge in [0.05, 0.1) is 23.9 Å². The molecule has 208 valence electrons. The van der Waals surface area contributed by atoms with Crippen LogP contribution in [0.25, 0.3) is 0 Å². The Morgan fingerprint density at radius 2 is 1.08 bits per heavy atom. The lowest BCUT2D eigenvalue weighted by molar-refractivity contribution is 0.0730. The molecular formula is C33H41NO5. The first-order chi connectivity index (χ1) is 19.2. The Hall–Kier alpha value is -3.67. The van der Waals surface area contributed by atoms with Gasteiger partial charge in [-0.15, -0.1) is 0 Å². The predicted octanol–water partition coefficient (Wildman–Crippen LogP) is 8.60. The highest BCUT2D eigenvalue weighted by Gasteiger charge is 2.12. The molecule has 1 heterocycles. The Morgan fingerprint density at radius 1 is 0.590 bits per heavy atom. The Balaban J connectivity index is 1.28. The summed E-state index contributed by atoms with van der Waals surface area (Å²) in [6.45, 7) is 2.94. The van der Waals surface area contributed by atoms with Crippen molar-refractivity contribution in [1.82, 2.24) is 4.98 Å². The Labute approximate surface area is 232 Å². The van der Waals surface area contributed by atoms with Crippen molar-refractivity contribution >= 4 is 11.9 Å². The van der Waals surface area contributed by atoms with Gasteiger partial charge in [0, 0.05) is 6.20 Å². The summed E-state index contributed by atoms with van der Waals surface area (Å²) < 4.78 is 16.5. The van der Waals surface area contributed by atoms with Crippen LogP contribution < -0.4 is 14.2 Å². The number of ether oxygens (including phenoxy) is 3. The summed E-state index contributed by atoms with van der Waals surface area (Å²) in [4.78, 5) is 28.7. The topological polar surface area (TPSA) is 74.7 Å². The molecule has 0 atom stereocenters. The third-order valence-electron chi connectivity index (χ3n) is 6.50. The molecule has 6 nitrogen and oxygen atoms in total. The van der Waals surface area contributed by atoms with Crippen molar-refractivity contribution in [2.24, 2.45) is 0 Å². The summed E-state index contributed by atoms with van der Waals surface area (Å²) in [5, 5.41) is 0. The van der Waals surface area contributed by atoms with Crippen LogP contribution in [0.2, 0.25) is 0 Å².